The SMILES string of the molecule is CC(C)(C)C(O)CC(O)C(C)(C)C.CC(C)(C)C(O)CC(O)C(C)(C)C.CC(C)(C)CC(C)(C)O.CC(O)CC(C)O.Cl.Cl.Cl.Cl.Cl.Cl.OC1CCCCC1.OC1CCCCC1.[O]=[W].[O]=[W].[O]=[W]. The van der Waals surface area contributed by atoms with Crippen molar-refractivity contribution in [2.75, 3.05) is 0 Å². The monoisotopic (exact) mass is 1630 g/mol. The van der Waals surface area contributed by atoms with Gasteiger partial charge < -0.3 is 46.0 Å². The number of hydrogen-bond donors (Lipinski definition) is 9. The third-order valence-electron chi connectivity index (χ3n) is 9.69. The Morgan fingerprint density at radius 2 is 0.559 bits per heavy atom. The van der Waals surface area contributed by atoms with E-state index in [1.807, 2.05) is 96.9 Å². The first-order chi connectivity index (χ1) is 27.7. The fraction of sp³-hybridized carbons (Fsp3) is 1.00. The minimum atomic E-state index is -0.516. The van der Waals surface area contributed by atoms with E-state index in [9.17, 15) is 25.5 Å². The Kier molecular flexibility index (Phi) is 85.2. The molecule has 12 nitrogen and oxygen atoms in total. The molecule has 2 aliphatic rings. The molecular weight excluding hydrogens is 1520 g/mol. The van der Waals surface area contributed by atoms with Gasteiger partial charge in [-0.2, -0.15) is 0 Å². The van der Waals surface area contributed by atoms with Crippen molar-refractivity contribution in [2.45, 2.75) is 276 Å². The van der Waals surface area contributed by atoms with Crippen molar-refractivity contribution in [3.05, 3.63) is 0 Å². The number of aliphatic hydroxyl groups excluding tert-OH is 8. The molecule has 0 spiro atoms. The number of hydrogen-bond acceptors (Lipinski definition) is 12. The molecule has 0 radical (unpaired) electrons. The topological polar surface area (TPSA) is 233 Å². The standard InChI is InChI=1S/2C11H24O2.C8H18O.2C6H12O.C5H12O2.6ClH.3O.3W/c2*1-10(2,3)8(12)7-9(13)11(4,5)6;1-7(2,3)6-8(4,5)9;2*7-6-4-2-1-3-5-6;1-4(6)3-5(2)7;;;;;;;;;;;;/h2*8-9,12-13H,7H2,1-6H3;9H,6H2,1-5H3;2*6-7H,1-5H2;4-7H,3H2,1-2H3;6*1H;;;;;;. The fourth-order valence-corrected chi connectivity index (χ4v) is 5.79. The summed E-state index contributed by atoms with van der Waals surface area (Å²) in [6, 6.07) is 0. The van der Waals surface area contributed by atoms with Gasteiger partial charge in [0.25, 0.3) is 0 Å². The van der Waals surface area contributed by atoms with Crippen LogP contribution in [0.5, 0.6) is 0 Å². The summed E-state index contributed by atoms with van der Waals surface area (Å²) in [7, 11) is 0. The Morgan fingerprint density at radius 1 is 0.382 bits per heavy atom. The second-order valence-electron chi connectivity index (χ2n) is 23.1. The van der Waals surface area contributed by atoms with Gasteiger partial charge in [-0.15, -0.1) is 74.4 Å². The molecule has 0 heterocycles. The summed E-state index contributed by atoms with van der Waals surface area (Å²) in [5, 5.41) is 83.3. The molecule has 68 heavy (non-hydrogen) atoms. The molecule has 0 aromatic carbocycles. The van der Waals surface area contributed by atoms with Crippen LogP contribution in [0.3, 0.4) is 0 Å². The van der Waals surface area contributed by atoms with Crippen molar-refractivity contribution in [2.24, 2.45) is 27.1 Å². The zero-order valence-corrected chi connectivity index (χ0v) is 59.1. The van der Waals surface area contributed by atoms with Crippen LogP contribution in [0.2, 0.25) is 0 Å². The van der Waals surface area contributed by atoms with Crippen molar-refractivity contribution in [3.8, 4) is 0 Å². The first-order valence-electron chi connectivity index (χ1n) is 22.4. The Balaban J connectivity index is -0.0000000473. The summed E-state index contributed by atoms with van der Waals surface area (Å²) < 4.78 is 25.0. The third kappa shape index (κ3) is 85.6. The van der Waals surface area contributed by atoms with Gasteiger partial charge in [-0.3, -0.25) is 0 Å². The predicted octanol–water partition coefficient (Wildman–Crippen LogP) is 11.5. The summed E-state index contributed by atoms with van der Waals surface area (Å²) >= 11 is 1.000. The van der Waals surface area contributed by atoms with E-state index in [1.54, 1.807) is 13.8 Å². The van der Waals surface area contributed by atoms with Gasteiger partial charge >= 0.3 is 69.5 Å². The van der Waals surface area contributed by atoms with Crippen LogP contribution < -0.4 is 0 Å². The zero-order chi connectivity index (χ0) is 51.5. The molecule has 21 heteroatoms. The van der Waals surface area contributed by atoms with Crippen LogP contribution in [-0.4, -0.2) is 100 Å². The summed E-state index contributed by atoms with van der Waals surface area (Å²) in [6.07, 6.45) is 11.5. The molecule has 0 bridgehead atoms. The van der Waals surface area contributed by atoms with Crippen molar-refractivity contribution in [3.63, 3.8) is 0 Å². The molecule has 2 fully saturated rings. The maximum absolute atomic E-state index is 9.76. The average molecular weight is 1630 g/mol. The second-order valence-corrected chi connectivity index (χ2v) is 23.1. The van der Waals surface area contributed by atoms with Crippen LogP contribution in [0.4, 0.5) is 0 Å². The predicted molar refractivity (Wildman–Crippen MR) is 283 cm³/mol. The van der Waals surface area contributed by atoms with E-state index in [2.05, 4.69) is 20.8 Å². The normalized spacial score (nSPS) is 16.2. The first-order valence-corrected chi connectivity index (χ1v) is 26.0. The van der Waals surface area contributed by atoms with Crippen molar-refractivity contribution >= 4 is 74.4 Å². The Morgan fingerprint density at radius 3 is 0.618 bits per heavy atom. The van der Waals surface area contributed by atoms with Gasteiger partial charge in [0.1, 0.15) is 0 Å². The van der Waals surface area contributed by atoms with E-state index < -0.39 is 30.0 Å². The number of rotatable bonds is 7. The van der Waals surface area contributed by atoms with Crippen molar-refractivity contribution in [1.82, 2.24) is 0 Å². The molecule has 2 aliphatic carbocycles. The second kappa shape index (κ2) is 56.1. The summed E-state index contributed by atoms with van der Waals surface area (Å²) in [5.41, 5.74) is -0.868. The van der Waals surface area contributed by atoms with Crippen LogP contribution in [0.1, 0.15) is 221 Å². The number of aliphatic hydroxyl groups is 9. The maximum atomic E-state index is 9.76. The molecule has 0 aromatic heterocycles. The van der Waals surface area contributed by atoms with Crippen LogP contribution in [0.15, 0.2) is 0 Å². The molecule has 428 valence electrons. The van der Waals surface area contributed by atoms with Gasteiger partial charge in [-0.25, -0.2) is 0 Å². The Hall–Kier alpha value is 2.84. The van der Waals surface area contributed by atoms with E-state index in [4.69, 9.17) is 30.6 Å². The molecule has 2 saturated carbocycles. The van der Waals surface area contributed by atoms with Gasteiger partial charge in [0.15, 0.2) is 0 Å². The molecule has 6 atom stereocenters. The van der Waals surface area contributed by atoms with E-state index >= 15 is 0 Å². The first kappa shape index (κ1) is 103. The Bertz CT molecular complexity index is 869. The number of halogens is 6. The molecule has 2 rings (SSSR count). The van der Waals surface area contributed by atoms with Crippen LogP contribution in [-0.2, 0) is 69.5 Å². The van der Waals surface area contributed by atoms with Gasteiger partial charge in [-0.1, -0.05) is 142 Å². The molecule has 0 aromatic rings. The Labute approximate surface area is 488 Å². The van der Waals surface area contributed by atoms with Gasteiger partial charge in [-0.05, 0) is 93.3 Å². The van der Waals surface area contributed by atoms with E-state index in [0.29, 0.717) is 78.6 Å². The van der Waals surface area contributed by atoms with Gasteiger partial charge in [0, 0.05) is 12.8 Å². The molecule has 0 amide bonds. The molecule has 0 saturated heterocycles. The van der Waals surface area contributed by atoms with Crippen molar-refractivity contribution in [1.29, 1.82) is 0 Å². The summed E-state index contributed by atoms with van der Waals surface area (Å²) in [6.45, 7) is 37.2. The molecule has 9 N–H and O–H groups in total. The summed E-state index contributed by atoms with van der Waals surface area (Å²) in [5.74, 6) is 0. The van der Waals surface area contributed by atoms with Gasteiger partial charge in [0.2, 0.25) is 0 Å². The van der Waals surface area contributed by atoms with E-state index in [1.165, 1.54) is 38.5 Å². The van der Waals surface area contributed by atoms with Crippen molar-refractivity contribution < 1.29 is 115 Å². The molecule has 0 aliphatic heterocycles. The van der Waals surface area contributed by atoms with Gasteiger partial charge in [0.05, 0.1) is 54.4 Å². The average Bonchev–Trinajstić information content (AvgIpc) is 3.09. The molecular formula is C47H108Cl6O12W3. The molecule has 6 unspecified atom stereocenters. The quantitative estimate of drug-likeness (QED) is 0.116. The minimum absolute atomic E-state index is 0. The fourth-order valence-electron chi connectivity index (χ4n) is 5.79. The van der Waals surface area contributed by atoms with Crippen LogP contribution in [0, 0.1) is 27.1 Å². The summed E-state index contributed by atoms with van der Waals surface area (Å²) in [4.78, 5) is 0. The third-order valence-corrected chi connectivity index (χ3v) is 9.69. The van der Waals surface area contributed by atoms with E-state index in [-0.39, 0.29) is 126 Å². The van der Waals surface area contributed by atoms with Crippen LogP contribution >= 0.6 is 74.4 Å². The van der Waals surface area contributed by atoms with E-state index in [0.717, 1.165) is 32.1 Å². The zero-order valence-electron chi connectivity index (χ0n) is 45.4. The van der Waals surface area contributed by atoms with Crippen LogP contribution in [0.25, 0.3) is 0 Å².